The van der Waals surface area contributed by atoms with Gasteiger partial charge in [0.25, 0.3) is 0 Å². The first kappa shape index (κ1) is 12.9. The average Bonchev–Trinajstić information content (AvgIpc) is 2.38. The maximum Gasteiger partial charge on any atom is 0.311 e. The Hall–Kier alpha value is -2.58. The van der Waals surface area contributed by atoms with Crippen LogP contribution in [-0.4, -0.2) is 4.92 Å². The molecule has 6 heteroatoms. The molecule has 0 radical (unpaired) electrons. The number of nitriles is 1. The van der Waals surface area contributed by atoms with E-state index in [1.165, 1.54) is 24.3 Å². The molecule has 94 valence electrons. The van der Waals surface area contributed by atoms with Crippen molar-refractivity contribution in [2.45, 2.75) is 0 Å². The van der Waals surface area contributed by atoms with E-state index in [1.54, 1.807) is 18.2 Å². The molecule has 5 nitrogen and oxygen atoms in total. The summed E-state index contributed by atoms with van der Waals surface area (Å²) >= 11 is 5.81. The second-order valence-electron chi connectivity index (χ2n) is 3.61. The predicted molar refractivity (Wildman–Crippen MR) is 69.3 cm³/mol. The van der Waals surface area contributed by atoms with Crippen LogP contribution in [0.25, 0.3) is 0 Å². The van der Waals surface area contributed by atoms with Gasteiger partial charge in [0.1, 0.15) is 5.75 Å². The van der Waals surface area contributed by atoms with E-state index in [-0.39, 0.29) is 17.0 Å². The van der Waals surface area contributed by atoms with Crippen LogP contribution >= 0.6 is 11.6 Å². The van der Waals surface area contributed by atoms with Gasteiger partial charge in [-0.3, -0.25) is 10.1 Å². The van der Waals surface area contributed by atoms with Gasteiger partial charge in [-0.05, 0) is 24.3 Å². The first-order chi connectivity index (χ1) is 9.10. The fourth-order valence-corrected chi connectivity index (χ4v) is 1.65. The van der Waals surface area contributed by atoms with Gasteiger partial charge in [-0.15, -0.1) is 0 Å². The Kier molecular flexibility index (Phi) is 3.64. The van der Waals surface area contributed by atoms with E-state index in [9.17, 15) is 10.1 Å². The third-order valence-corrected chi connectivity index (χ3v) is 2.54. The highest BCUT2D eigenvalue weighted by molar-refractivity contribution is 6.30. The van der Waals surface area contributed by atoms with Crippen LogP contribution in [0.4, 0.5) is 5.69 Å². The molecule has 0 bridgehead atoms. The Balaban J connectivity index is 2.43. The molecule has 0 atom stereocenters. The minimum Gasteiger partial charge on any atom is -0.450 e. The van der Waals surface area contributed by atoms with E-state index in [0.717, 1.165) is 0 Å². The van der Waals surface area contributed by atoms with Gasteiger partial charge in [0.15, 0.2) is 0 Å². The van der Waals surface area contributed by atoms with Crippen LogP contribution in [0.1, 0.15) is 5.56 Å². The Bertz CT molecular complexity index is 680. The van der Waals surface area contributed by atoms with Crippen LogP contribution < -0.4 is 4.74 Å². The first-order valence-corrected chi connectivity index (χ1v) is 5.60. The molecule has 0 amide bonds. The van der Waals surface area contributed by atoms with Gasteiger partial charge >= 0.3 is 5.69 Å². The van der Waals surface area contributed by atoms with Crippen molar-refractivity contribution in [1.82, 2.24) is 0 Å². The number of hydrogen-bond acceptors (Lipinski definition) is 4. The molecular formula is C13H7ClN2O3. The standard InChI is InChI=1S/C13H7ClN2O3/c14-10-2-1-3-11(7-10)19-13-6-9(8-15)4-5-12(13)16(17)18/h1-7H. The number of halogens is 1. The van der Waals surface area contributed by atoms with Crippen LogP contribution in [0.5, 0.6) is 11.5 Å². The van der Waals surface area contributed by atoms with Crippen molar-refractivity contribution in [3.8, 4) is 17.6 Å². The number of hydrogen-bond donors (Lipinski definition) is 0. The number of nitro benzene ring substituents is 1. The number of nitro groups is 1. The van der Waals surface area contributed by atoms with Gasteiger partial charge in [0, 0.05) is 17.2 Å². The third-order valence-electron chi connectivity index (χ3n) is 2.31. The molecule has 0 aliphatic carbocycles. The van der Waals surface area contributed by atoms with Crippen molar-refractivity contribution in [3.05, 3.63) is 63.2 Å². The second kappa shape index (κ2) is 5.38. The maximum atomic E-state index is 10.9. The highest BCUT2D eigenvalue weighted by Gasteiger charge is 2.16. The van der Waals surface area contributed by atoms with Crippen LogP contribution in [-0.2, 0) is 0 Å². The highest BCUT2D eigenvalue weighted by Crippen LogP contribution is 2.32. The maximum absolute atomic E-state index is 10.9. The zero-order valence-corrected chi connectivity index (χ0v) is 10.3. The van der Waals surface area contributed by atoms with E-state index >= 15 is 0 Å². The molecule has 2 aromatic rings. The second-order valence-corrected chi connectivity index (χ2v) is 4.05. The minimum absolute atomic E-state index is 0.00585. The minimum atomic E-state index is -0.568. The molecule has 2 aromatic carbocycles. The molecule has 0 saturated heterocycles. The Morgan fingerprint density at radius 2 is 2.05 bits per heavy atom. The molecule has 0 aromatic heterocycles. The van der Waals surface area contributed by atoms with E-state index in [0.29, 0.717) is 10.8 Å². The van der Waals surface area contributed by atoms with Gasteiger partial charge in [0.05, 0.1) is 16.6 Å². The predicted octanol–water partition coefficient (Wildman–Crippen LogP) is 3.91. The highest BCUT2D eigenvalue weighted by atomic mass is 35.5. The summed E-state index contributed by atoms with van der Waals surface area (Å²) in [7, 11) is 0. The summed E-state index contributed by atoms with van der Waals surface area (Å²) in [5.41, 5.74) is 0.0709. The number of nitrogens with zero attached hydrogens (tertiary/aromatic N) is 2. The lowest BCUT2D eigenvalue weighted by Gasteiger charge is -2.06. The van der Waals surface area contributed by atoms with Crippen LogP contribution in [0, 0.1) is 21.4 Å². The molecule has 0 aliphatic heterocycles. The number of rotatable bonds is 3. The molecule has 0 spiro atoms. The summed E-state index contributed by atoms with van der Waals surface area (Å²) in [5, 5.41) is 20.2. The van der Waals surface area contributed by atoms with Crippen molar-refractivity contribution >= 4 is 17.3 Å². The fraction of sp³-hybridized carbons (Fsp3) is 0. The van der Waals surface area contributed by atoms with Crippen LogP contribution in [0.15, 0.2) is 42.5 Å². The molecule has 0 saturated carbocycles. The van der Waals surface area contributed by atoms with Gasteiger partial charge in [0.2, 0.25) is 5.75 Å². The van der Waals surface area contributed by atoms with Crippen molar-refractivity contribution < 1.29 is 9.66 Å². The lowest BCUT2D eigenvalue weighted by atomic mass is 10.2. The molecule has 0 fully saturated rings. The smallest absolute Gasteiger partial charge is 0.311 e. The lowest BCUT2D eigenvalue weighted by Crippen LogP contribution is -1.94. The average molecular weight is 275 g/mol. The summed E-state index contributed by atoms with van der Waals surface area (Å²) in [6.45, 7) is 0. The molecule has 0 aliphatic rings. The van der Waals surface area contributed by atoms with Crippen molar-refractivity contribution in [2.75, 3.05) is 0 Å². The summed E-state index contributed by atoms with van der Waals surface area (Å²) < 4.78 is 5.42. The molecule has 2 rings (SSSR count). The Labute approximate surface area is 113 Å². The first-order valence-electron chi connectivity index (χ1n) is 5.22. The number of benzene rings is 2. The fourth-order valence-electron chi connectivity index (χ4n) is 1.47. The monoisotopic (exact) mass is 274 g/mol. The molecular weight excluding hydrogens is 268 g/mol. The lowest BCUT2D eigenvalue weighted by molar-refractivity contribution is -0.385. The zero-order chi connectivity index (χ0) is 13.8. The van der Waals surface area contributed by atoms with Gasteiger partial charge in [-0.25, -0.2) is 0 Å². The van der Waals surface area contributed by atoms with Gasteiger partial charge in [-0.2, -0.15) is 5.26 Å². The normalized spacial score (nSPS) is 9.68. The SMILES string of the molecule is N#Cc1ccc([N+](=O)[O-])c(Oc2cccc(Cl)c2)c1. The van der Waals surface area contributed by atoms with Crippen molar-refractivity contribution in [1.29, 1.82) is 5.26 Å². The summed E-state index contributed by atoms with van der Waals surface area (Å²) in [5.74, 6) is 0.372. The molecule has 0 heterocycles. The molecule has 0 unspecified atom stereocenters. The quantitative estimate of drug-likeness (QED) is 0.628. The van der Waals surface area contributed by atoms with Gasteiger partial charge in [-0.1, -0.05) is 17.7 Å². The topological polar surface area (TPSA) is 76.2 Å². The summed E-state index contributed by atoms with van der Waals surface area (Å²) in [6.07, 6.45) is 0. The van der Waals surface area contributed by atoms with Crippen LogP contribution in [0.3, 0.4) is 0 Å². The Morgan fingerprint density at radius 3 is 2.68 bits per heavy atom. The Morgan fingerprint density at radius 1 is 1.26 bits per heavy atom. The molecule has 0 N–H and O–H groups in total. The van der Waals surface area contributed by atoms with E-state index in [1.807, 2.05) is 6.07 Å². The third kappa shape index (κ3) is 3.00. The van der Waals surface area contributed by atoms with Crippen molar-refractivity contribution in [2.24, 2.45) is 0 Å². The van der Waals surface area contributed by atoms with E-state index in [2.05, 4.69) is 0 Å². The van der Waals surface area contributed by atoms with Gasteiger partial charge < -0.3 is 4.74 Å². The zero-order valence-electron chi connectivity index (χ0n) is 9.54. The summed E-state index contributed by atoms with van der Waals surface area (Å²) in [4.78, 5) is 10.3. The van der Waals surface area contributed by atoms with E-state index < -0.39 is 4.92 Å². The summed E-state index contributed by atoms with van der Waals surface area (Å²) in [6, 6.07) is 12.3. The molecule has 19 heavy (non-hydrogen) atoms. The number of ether oxygens (including phenoxy) is 1. The van der Waals surface area contributed by atoms with Crippen LogP contribution in [0.2, 0.25) is 5.02 Å². The van der Waals surface area contributed by atoms with E-state index in [4.69, 9.17) is 21.6 Å². The van der Waals surface area contributed by atoms with Crippen molar-refractivity contribution in [3.63, 3.8) is 0 Å². The largest absolute Gasteiger partial charge is 0.450 e.